The first kappa shape index (κ1) is 11.2. The monoisotopic (exact) mass is 230 g/mol. The molecule has 92 valence electrons. The topological polar surface area (TPSA) is 15.3 Å². The maximum absolute atomic E-state index is 3.73. The Morgan fingerprint density at radius 2 is 2.00 bits per heavy atom. The van der Waals surface area contributed by atoms with Crippen LogP contribution in [-0.4, -0.2) is 36.6 Å². The van der Waals surface area contributed by atoms with Crippen molar-refractivity contribution < 1.29 is 0 Å². The van der Waals surface area contributed by atoms with Gasteiger partial charge >= 0.3 is 0 Å². The van der Waals surface area contributed by atoms with Crippen LogP contribution in [0.25, 0.3) is 0 Å². The third kappa shape index (κ3) is 2.53. The first-order valence-corrected chi connectivity index (χ1v) is 6.95. The van der Waals surface area contributed by atoms with Crippen LogP contribution >= 0.6 is 0 Å². The maximum atomic E-state index is 3.73. The second kappa shape index (κ2) is 5.19. The Morgan fingerprint density at radius 1 is 1.12 bits per heavy atom. The van der Waals surface area contributed by atoms with E-state index in [1.807, 2.05) is 0 Å². The van der Waals surface area contributed by atoms with Gasteiger partial charge in [-0.2, -0.15) is 0 Å². The van der Waals surface area contributed by atoms with Crippen LogP contribution in [0.2, 0.25) is 0 Å². The highest BCUT2D eigenvalue weighted by Gasteiger charge is 2.32. The Kier molecular flexibility index (Phi) is 3.44. The summed E-state index contributed by atoms with van der Waals surface area (Å²) in [5.41, 5.74) is 1.47. The lowest BCUT2D eigenvalue weighted by molar-refractivity contribution is 0.0832. The van der Waals surface area contributed by atoms with E-state index in [0.717, 1.165) is 12.6 Å². The Balaban J connectivity index is 1.69. The second-order valence-electron chi connectivity index (χ2n) is 5.35. The normalized spacial score (nSPS) is 29.9. The lowest BCUT2D eigenvalue weighted by atomic mass is 9.89. The molecule has 0 radical (unpaired) electrons. The average Bonchev–Trinajstić information content (AvgIpc) is 2.40. The first-order chi connectivity index (χ1) is 8.43. The number of hydrogen-bond acceptors (Lipinski definition) is 2. The minimum absolute atomic E-state index is 0.659. The number of fused-ring (bicyclic) bond motifs is 1. The molecule has 2 aliphatic heterocycles. The number of nitrogens with one attached hydrogen (secondary N) is 1. The Hall–Kier alpha value is -0.860. The molecule has 2 fully saturated rings. The van der Waals surface area contributed by atoms with Gasteiger partial charge in [0, 0.05) is 25.2 Å². The van der Waals surface area contributed by atoms with Crippen LogP contribution in [0.4, 0.5) is 0 Å². The van der Waals surface area contributed by atoms with Gasteiger partial charge < -0.3 is 5.32 Å². The lowest BCUT2D eigenvalue weighted by Crippen LogP contribution is -2.60. The smallest absolute Gasteiger partial charge is 0.0264 e. The van der Waals surface area contributed by atoms with Crippen molar-refractivity contribution >= 4 is 0 Å². The number of rotatable bonds is 2. The number of piperidine rings is 1. The average molecular weight is 230 g/mol. The molecule has 2 heterocycles. The van der Waals surface area contributed by atoms with Crippen molar-refractivity contribution in [2.45, 2.75) is 37.8 Å². The molecule has 0 saturated carbocycles. The van der Waals surface area contributed by atoms with Crippen LogP contribution in [0.3, 0.4) is 0 Å². The van der Waals surface area contributed by atoms with Gasteiger partial charge in [-0.25, -0.2) is 0 Å². The zero-order valence-electron chi connectivity index (χ0n) is 10.4. The summed E-state index contributed by atoms with van der Waals surface area (Å²) >= 11 is 0. The maximum Gasteiger partial charge on any atom is 0.0264 e. The van der Waals surface area contributed by atoms with E-state index in [0.29, 0.717) is 6.04 Å². The highest BCUT2D eigenvalue weighted by atomic mass is 15.2. The fourth-order valence-electron chi connectivity index (χ4n) is 3.36. The second-order valence-corrected chi connectivity index (χ2v) is 5.35. The molecule has 2 nitrogen and oxygen atoms in total. The summed E-state index contributed by atoms with van der Waals surface area (Å²) < 4.78 is 0. The van der Waals surface area contributed by atoms with Gasteiger partial charge in [0.25, 0.3) is 0 Å². The van der Waals surface area contributed by atoms with Crippen molar-refractivity contribution in [3.63, 3.8) is 0 Å². The third-order valence-electron chi connectivity index (χ3n) is 4.23. The molecule has 0 spiro atoms. The van der Waals surface area contributed by atoms with Gasteiger partial charge in [0.05, 0.1) is 0 Å². The fourth-order valence-corrected chi connectivity index (χ4v) is 3.36. The summed E-state index contributed by atoms with van der Waals surface area (Å²) in [5.74, 6) is 0. The van der Waals surface area contributed by atoms with Crippen molar-refractivity contribution in [1.82, 2.24) is 10.2 Å². The summed E-state index contributed by atoms with van der Waals surface area (Å²) in [7, 11) is 0. The number of nitrogens with zero attached hydrogens (tertiary/aromatic N) is 1. The molecule has 17 heavy (non-hydrogen) atoms. The minimum Gasteiger partial charge on any atom is -0.311 e. The van der Waals surface area contributed by atoms with E-state index in [1.165, 1.54) is 44.3 Å². The molecule has 2 heteroatoms. The van der Waals surface area contributed by atoms with Crippen LogP contribution in [-0.2, 0) is 6.42 Å². The quantitative estimate of drug-likeness (QED) is 0.836. The van der Waals surface area contributed by atoms with E-state index in [1.54, 1.807) is 0 Å². The summed E-state index contributed by atoms with van der Waals surface area (Å²) in [6, 6.07) is 12.3. The minimum atomic E-state index is 0.659. The zero-order chi connectivity index (χ0) is 11.5. The van der Waals surface area contributed by atoms with E-state index in [9.17, 15) is 0 Å². The van der Waals surface area contributed by atoms with Crippen molar-refractivity contribution in [2.75, 3.05) is 19.6 Å². The van der Waals surface area contributed by atoms with Gasteiger partial charge in [-0.15, -0.1) is 0 Å². The van der Waals surface area contributed by atoms with E-state index >= 15 is 0 Å². The third-order valence-corrected chi connectivity index (χ3v) is 4.23. The molecule has 2 unspecified atom stereocenters. The molecule has 0 aromatic heterocycles. The molecule has 2 saturated heterocycles. The first-order valence-electron chi connectivity index (χ1n) is 6.95. The van der Waals surface area contributed by atoms with Gasteiger partial charge in [0.2, 0.25) is 0 Å². The van der Waals surface area contributed by atoms with Gasteiger partial charge in [-0.3, -0.25) is 4.90 Å². The van der Waals surface area contributed by atoms with E-state index < -0.39 is 0 Å². The van der Waals surface area contributed by atoms with Crippen LogP contribution in [0.5, 0.6) is 0 Å². The van der Waals surface area contributed by atoms with E-state index in [4.69, 9.17) is 0 Å². The Bertz CT molecular complexity index is 347. The summed E-state index contributed by atoms with van der Waals surface area (Å²) in [6.07, 6.45) is 5.37. The highest BCUT2D eigenvalue weighted by Crippen LogP contribution is 2.23. The molecule has 0 bridgehead atoms. The standard InChI is InChI=1S/C15H22N2/c1-2-6-13(7-3-1)12-14-15-8-4-5-10-17(15)11-9-16-14/h1-3,6-7,14-16H,4-5,8-12H2. The van der Waals surface area contributed by atoms with Crippen LogP contribution in [0.15, 0.2) is 30.3 Å². The van der Waals surface area contributed by atoms with Crippen molar-refractivity contribution in [3.05, 3.63) is 35.9 Å². The molecule has 0 aliphatic carbocycles. The SMILES string of the molecule is c1ccc(CC2NCCN3CCCCC23)cc1. The van der Waals surface area contributed by atoms with Crippen molar-refractivity contribution in [1.29, 1.82) is 0 Å². The molecule has 3 rings (SSSR count). The number of hydrogen-bond donors (Lipinski definition) is 1. The largest absolute Gasteiger partial charge is 0.311 e. The lowest BCUT2D eigenvalue weighted by Gasteiger charge is -2.45. The van der Waals surface area contributed by atoms with Gasteiger partial charge in [-0.1, -0.05) is 36.8 Å². The summed E-state index contributed by atoms with van der Waals surface area (Å²) in [6.45, 7) is 3.72. The number of benzene rings is 1. The molecular weight excluding hydrogens is 208 g/mol. The van der Waals surface area contributed by atoms with Gasteiger partial charge in [0.1, 0.15) is 0 Å². The molecule has 1 aromatic rings. The molecule has 1 N–H and O–H groups in total. The van der Waals surface area contributed by atoms with Gasteiger partial charge in [0.15, 0.2) is 0 Å². The van der Waals surface area contributed by atoms with E-state index in [2.05, 4.69) is 40.5 Å². The highest BCUT2D eigenvalue weighted by molar-refractivity contribution is 5.17. The van der Waals surface area contributed by atoms with Gasteiger partial charge in [-0.05, 0) is 31.4 Å². The van der Waals surface area contributed by atoms with Crippen LogP contribution in [0, 0.1) is 0 Å². The van der Waals surface area contributed by atoms with Crippen molar-refractivity contribution in [2.24, 2.45) is 0 Å². The predicted molar refractivity (Wildman–Crippen MR) is 71.1 cm³/mol. The summed E-state index contributed by atoms with van der Waals surface area (Å²) in [5, 5.41) is 3.73. The van der Waals surface area contributed by atoms with Crippen molar-refractivity contribution in [3.8, 4) is 0 Å². The molecule has 1 aromatic carbocycles. The molecule has 0 amide bonds. The van der Waals surface area contributed by atoms with Crippen LogP contribution < -0.4 is 5.32 Å². The number of piperazine rings is 1. The Morgan fingerprint density at radius 3 is 2.88 bits per heavy atom. The predicted octanol–water partition coefficient (Wildman–Crippen LogP) is 2.06. The molecular formula is C15H22N2. The molecule has 2 atom stereocenters. The van der Waals surface area contributed by atoms with E-state index in [-0.39, 0.29) is 0 Å². The Labute approximate surface area is 104 Å². The zero-order valence-corrected chi connectivity index (χ0v) is 10.4. The fraction of sp³-hybridized carbons (Fsp3) is 0.600. The van der Waals surface area contributed by atoms with Crippen LogP contribution in [0.1, 0.15) is 24.8 Å². The summed E-state index contributed by atoms with van der Waals surface area (Å²) in [4.78, 5) is 2.70. The molecule has 2 aliphatic rings.